The lowest BCUT2D eigenvalue weighted by Gasteiger charge is -2.06. The van der Waals surface area contributed by atoms with E-state index in [9.17, 15) is 9.59 Å². The third-order valence-electron chi connectivity index (χ3n) is 2.88. The standard InChI is InChI=1S/C13H13ClO3/c1-2-17-13(16)12(15)9-6-8-4-3-5-10(8)11(14)7-9/h6-7H,2-5H2,1H3. The summed E-state index contributed by atoms with van der Waals surface area (Å²) in [5, 5.41) is 0.577. The number of hydrogen-bond donors (Lipinski definition) is 0. The van der Waals surface area contributed by atoms with E-state index in [0.29, 0.717) is 10.6 Å². The van der Waals surface area contributed by atoms with Gasteiger partial charge in [-0.05, 0) is 49.4 Å². The van der Waals surface area contributed by atoms with E-state index < -0.39 is 11.8 Å². The number of Topliss-reactive ketones (excluding diaryl/α,β-unsaturated/α-hetero) is 1. The second-order valence-corrected chi connectivity index (χ2v) is 4.41. The lowest BCUT2D eigenvalue weighted by Crippen LogP contribution is -2.17. The zero-order chi connectivity index (χ0) is 12.4. The highest BCUT2D eigenvalue weighted by Crippen LogP contribution is 2.30. The molecule has 0 atom stereocenters. The van der Waals surface area contributed by atoms with E-state index in [2.05, 4.69) is 4.74 Å². The lowest BCUT2D eigenvalue weighted by atomic mass is 10.0. The minimum atomic E-state index is -0.818. The van der Waals surface area contributed by atoms with E-state index >= 15 is 0 Å². The van der Waals surface area contributed by atoms with Gasteiger partial charge in [-0.1, -0.05) is 11.6 Å². The molecular weight excluding hydrogens is 240 g/mol. The molecule has 1 aliphatic carbocycles. The molecule has 0 amide bonds. The van der Waals surface area contributed by atoms with E-state index in [-0.39, 0.29) is 6.61 Å². The predicted molar refractivity (Wildman–Crippen MR) is 64.4 cm³/mol. The highest BCUT2D eigenvalue weighted by molar-refractivity contribution is 6.41. The molecule has 90 valence electrons. The Labute approximate surface area is 105 Å². The molecular formula is C13H13ClO3. The average Bonchev–Trinajstić information content (AvgIpc) is 2.77. The summed E-state index contributed by atoms with van der Waals surface area (Å²) in [4.78, 5) is 23.1. The maximum absolute atomic E-state index is 11.8. The molecule has 0 aliphatic heterocycles. The molecule has 0 saturated heterocycles. The van der Waals surface area contributed by atoms with Gasteiger partial charge in [-0.3, -0.25) is 4.79 Å². The van der Waals surface area contributed by atoms with E-state index in [0.717, 1.165) is 30.4 Å². The van der Waals surface area contributed by atoms with Crippen molar-refractivity contribution >= 4 is 23.4 Å². The van der Waals surface area contributed by atoms with Crippen LogP contribution < -0.4 is 0 Å². The average molecular weight is 253 g/mol. The summed E-state index contributed by atoms with van der Waals surface area (Å²) in [6, 6.07) is 3.32. The number of rotatable bonds is 3. The fourth-order valence-corrected chi connectivity index (χ4v) is 2.43. The molecule has 0 radical (unpaired) electrons. The van der Waals surface area contributed by atoms with Crippen LogP contribution in [0.15, 0.2) is 12.1 Å². The summed E-state index contributed by atoms with van der Waals surface area (Å²) in [5.41, 5.74) is 2.51. The molecule has 0 bridgehead atoms. The van der Waals surface area contributed by atoms with Crippen molar-refractivity contribution in [2.24, 2.45) is 0 Å². The third-order valence-corrected chi connectivity index (χ3v) is 3.22. The van der Waals surface area contributed by atoms with Crippen LogP contribution in [0.2, 0.25) is 5.02 Å². The fraction of sp³-hybridized carbons (Fsp3) is 0.385. The Balaban J connectivity index is 2.31. The van der Waals surface area contributed by atoms with Crippen LogP contribution in [0.3, 0.4) is 0 Å². The van der Waals surface area contributed by atoms with Gasteiger partial charge in [0.25, 0.3) is 5.78 Å². The van der Waals surface area contributed by atoms with Crippen molar-refractivity contribution in [1.29, 1.82) is 0 Å². The first-order valence-electron chi connectivity index (χ1n) is 5.66. The van der Waals surface area contributed by atoms with Gasteiger partial charge in [0, 0.05) is 10.6 Å². The van der Waals surface area contributed by atoms with Crippen molar-refractivity contribution < 1.29 is 14.3 Å². The summed E-state index contributed by atoms with van der Waals surface area (Å²) in [5.74, 6) is -1.44. The van der Waals surface area contributed by atoms with E-state index in [1.54, 1.807) is 19.1 Å². The molecule has 1 aromatic rings. The number of carbonyl (C=O) groups excluding carboxylic acids is 2. The number of aryl methyl sites for hydroxylation is 1. The van der Waals surface area contributed by atoms with Gasteiger partial charge in [-0.25, -0.2) is 4.79 Å². The minimum absolute atomic E-state index is 0.198. The number of esters is 1. The fourth-order valence-electron chi connectivity index (χ4n) is 2.10. The minimum Gasteiger partial charge on any atom is -0.460 e. The monoisotopic (exact) mass is 252 g/mol. The number of fused-ring (bicyclic) bond motifs is 1. The lowest BCUT2D eigenvalue weighted by molar-refractivity contribution is -0.137. The van der Waals surface area contributed by atoms with Crippen molar-refractivity contribution in [2.45, 2.75) is 26.2 Å². The first-order valence-corrected chi connectivity index (χ1v) is 6.04. The Hall–Kier alpha value is -1.35. The molecule has 0 spiro atoms. The number of hydrogen-bond acceptors (Lipinski definition) is 3. The van der Waals surface area contributed by atoms with Crippen molar-refractivity contribution in [3.8, 4) is 0 Å². The Morgan fingerprint density at radius 1 is 1.35 bits per heavy atom. The Morgan fingerprint density at radius 2 is 2.12 bits per heavy atom. The summed E-state index contributed by atoms with van der Waals surface area (Å²) in [6.07, 6.45) is 2.91. The maximum Gasteiger partial charge on any atom is 0.379 e. The highest BCUT2D eigenvalue weighted by atomic mass is 35.5. The summed E-state index contributed by atoms with van der Waals surface area (Å²) in [6.45, 7) is 1.87. The number of ketones is 1. The van der Waals surface area contributed by atoms with Gasteiger partial charge in [0.1, 0.15) is 0 Å². The van der Waals surface area contributed by atoms with Crippen LogP contribution in [0.25, 0.3) is 0 Å². The second-order valence-electron chi connectivity index (χ2n) is 4.00. The smallest absolute Gasteiger partial charge is 0.379 e. The molecule has 0 N–H and O–H groups in total. The molecule has 4 heteroatoms. The summed E-state index contributed by atoms with van der Waals surface area (Å²) in [7, 11) is 0. The van der Waals surface area contributed by atoms with Gasteiger partial charge in [-0.2, -0.15) is 0 Å². The van der Waals surface area contributed by atoms with Crippen molar-refractivity contribution in [3.05, 3.63) is 33.8 Å². The van der Waals surface area contributed by atoms with Crippen LogP contribution in [-0.4, -0.2) is 18.4 Å². The van der Waals surface area contributed by atoms with Gasteiger partial charge in [0.2, 0.25) is 0 Å². The first-order chi connectivity index (χ1) is 8.13. The largest absolute Gasteiger partial charge is 0.460 e. The first kappa shape index (κ1) is 12.1. The second kappa shape index (κ2) is 4.88. The molecule has 0 fully saturated rings. The van der Waals surface area contributed by atoms with Crippen LogP contribution in [-0.2, 0) is 22.4 Å². The molecule has 0 unspecified atom stereocenters. The Kier molecular flexibility index (Phi) is 3.48. The summed E-state index contributed by atoms with van der Waals surface area (Å²) >= 11 is 6.10. The van der Waals surface area contributed by atoms with Crippen LogP contribution in [0.4, 0.5) is 0 Å². The van der Waals surface area contributed by atoms with Gasteiger partial charge >= 0.3 is 5.97 Å². The van der Waals surface area contributed by atoms with Crippen molar-refractivity contribution in [1.82, 2.24) is 0 Å². The maximum atomic E-state index is 11.8. The molecule has 0 heterocycles. The zero-order valence-corrected chi connectivity index (χ0v) is 10.3. The molecule has 17 heavy (non-hydrogen) atoms. The number of benzene rings is 1. The highest BCUT2D eigenvalue weighted by Gasteiger charge is 2.22. The van der Waals surface area contributed by atoms with Crippen LogP contribution in [0.5, 0.6) is 0 Å². The van der Waals surface area contributed by atoms with Crippen LogP contribution >= 0.6 is 11.6 Å². The van der Waals surface area contributed by atoms with Gasteiger partial charge in [0.05, 0.1) is 6.61 Å². The summed E-state index contributed by atoms with van der Waals surface area (Å²) < 4.78 is 4.69. The molecule has 1 aromatic carbocycles. The van der Waals surface area contributed by atoms with Crippen molar-refractivity contribution in [3.63, 3.8) is 0 Å². The van der Waals surface area contributed by atoms with Crippen LogP contribution in [0, 0.1) is 0 Å². The molecule has 0 aromatic heterocycles. The zero-order valence-electron chi connectivity index (χ0n) is 9.59. The number of ether oxygens (including phenoxy) is 1. The third kappa shape index (κ3) is 2.34. The van der Waals surface area contributed by atoms with Crippen molar-refractivity contribution in [2.75, 3.05) is 6.61 Å². The number of carbonyl (C=O) groups is 2. The van der Waals surface area contributed by atoms with Gasteiger partial charge < -0.3 is 4.74 Å². The van der Waals surface area contributed by atoms with Crippen LogP contribution in [0.1, 0.15) is 34.8 Å². The number of halogens is 1. The Morgan fingerprint density at radius 3 is 2.82 bits per heavy atom. The van der Waals surface area contributed by atoms with E-state index in [4.69, 9.17) is 11.6 Å². The predicted octanol–water partition coefficient (Wildman–Crippen LogP) is 2.57. The van der Waals surface area contributed by atoms with Gasteiger partial charge in [-0.15, -0.1) is 0 Å². The van der Waals surface area contributed by atoms with Gasteiger partial charge in [0.15, 0.2) is 0 Å². The molecule has 0 saturated carbocycles. The molecule has 2 rings (SSSR count). The van der Waals surface area contributed by atoms with E-state index in [1.807, 2.05) is 0 Å². The quantitative estimate of drug-likeness (QED) is 0.472. The topological polar surface area (TPSA) is 43.4 Å². The Bertz CT molecular complexity index is 480. The molecule has 1 aliphatic rings. The SMILES string of the molecule is CCOC(=O)C(=O)c1cc(Cl)c2c(c1)CCC2. The molecule has 3 nitrogen and oxygen atoms in total. The van der Waals surface area contributed by atoms with E-state index in [1.165, 1.54) is 0 Å². The normalized spacial score (nSPS) is 13.3.